The molecule has 0 aromatic carbocycles. The van der Waals surface area contributed by atoms with Crippen LogP contribution in [0, 0.1) is 0 Å². The van der Waals surface area contributed by atoms with Gasteiger partial charge in [-0.05, 0) is 20.3 Å². The van der Waals surface area contributed by atoms with E-state index < -0.39 is 17.4 Å². The SMILES string of the molecule is CC(C)(NC(=O)CCCC(=O)O)C(N)=O. The standard InChI is InChI=1S/C9H16N2O4/c1-9(2,8(10)15)11-6(12)4-3-5-7(13)14/h3-5H2,1-2H3,(H2,10,15)(H,11,12)(H,13,14). The van der Waals surface area contributed by atoms with E-state index in [1.807, 2.05) is 0 Å². The van der Waals surface area contributed by atoms with Crippen molar-refractivity contribution in [2.24, 2.45) is 5.73 Å². The number of nitrogens with one attached hydrogen (secondary N) is 1. The number of amides is 2. The summed E-state index contributed by atoms with van der Waals surface area (Å²) in [6.07, 6.45) is 0.253. The number of rotatable bonds is 6. The summed E-state index contributed by atoms with van der Waals surface area (Å²) in [5.74, 6) is -1.95. The predicted octanol–water partition coefficient (Wildman–Crippen LogP) is -0.379. The van der Waals surface area contributed by atoms with Crippen LogP contribution in [0.4, 0.5) is 0 Å². The van der Waals surface area contributed by atoms with Gasteiger partial charge < -0.3 is 16.2 Å². The molecule has 0 heterocycles. The lowest BCUT2D eigenvalue weighted by molar-refractivity contribution is -0.137. The zero-order valence-corrected chi connectivity index (χ0v) is 8.87. The molecule has 0 saturated heterocycles. The van der Waals surface area contributed by atoms with E-state index in [1.54, 1.807) is 0 Å². The summed E-state index contributed by atoms with van der Waals surface area (Å²) >= 11 is 0. The molecule has 6 nitrogen and oxygen atoms in total. The number of carbonyl (C=O) groups excluding carboxylic acids is 2. The Morgan fingerprint density at radius 3 is 2.20 bits per heavy atom. The fraction of sp³-hybridized carbons (Fsp3) is 0.667. The molecular formula is C9H16N2O4. The summed E-state index contributed by atoms with van der Waals surface area (Å²) in [5.41, 5.74) is 3.95. The maximum absolute atomic E-state index is 11.2. The molecular weight excluding hydrogens is 200 g/mol. The highest BCUT2D eigenvalue weighted by Gasteiger charge is 2.26. The molecule has 0 radical (unpaired) electrons. The van der Waals surface area contributed by atoms with Gasteiger partial charge in [0.05, 0.1) is 0 Å². The summed E-state index contributed by atoms with van der Waals surface area (Å²) in [6, 6.07) is 0. The number of aliphatic carboxylic acids is 1. The summed E-state index contributed by atoms with van der Waals surface area (Å²) in [6.45, 7) is 2.98. The van der Waals surface area contributed by atoms with Crippen LogP contribution in [-0.4, -0.2) is 28.4 Å². The molecule has 0 spiro atoms. The first-order chi connectivity index (χ1) is 6.75. The van der Waals surface area contributed by atoms with Crippen LogP contribution < -0.4 is 11.1 Å². The lowest BCUT2D eigenvalue weighted by Gasteiger charge is -2.22. The summed E-state index contributed by atoms with van der Waals surface area (Å²) in [5, 5.41) is 10.8. The monoisotopic (exact) mass is 216 g/mol. The number of carboxylic acid groups (broad SMARTS) is 1. The third-order valence-electron chi connectivity index (χ3n) is 1.86. The molecule has 0 aliphatic heterocycles. The smallest absolute Gasteiger partial charge is 0.303 e. The average molecular weight is 216 g/mol. The van der Waals surface area contributed by atoms with E-state index in [0.29, 0.717) is 0 Å². The highest BCUT2D eigenvalue weighted by Crippen LogP contribution is 2.02. The van der Waals surface area contributed by atoms with Crippen molar-refractivity contribution in [3.8, 4) is 0 Å². The van der Waals surface area contributed by atoms with Crippen LogP contribution in [-0.2, 0) is 14.4 Å². The van der Waals surface area contributed by atoms with Crippen molar-refractivity contribution in [1.29, 1.82) is 0 Å². The van der Waals surface area contributed by atoms with E-state index >= 15 is 0 Å². The first kappa shape index (κ1) is 13.4. The Morgan fingerprint density at radius 1 is 1.27 bits per heavy atom. The van der Waals surface area contributed by atoms with Crippen LogP contribution in [0.5, 0.6) is 0 Å². The molecule has 0 saturated carbocycles. The Kier molecular flexibility index (Phi) is 4.77. The zero-order valence-electron chi connectivity index (χ0n) is 8.87. The Balaban J connectivity index is 3.94. The quantitative estimate of drug-likeness (QED) is 0.562. The lowest BCUT2D eigenvalue weighted by atomic mass is 10.0. The highest BCUT2D eigenvalue weighted by atomic mass is 16.4. The molecule has 0 bridgehead atoms. The van der Waals surface area contributed by atoms with Gasteiger partial charge in [0.1, 0.15) is 5.54 Å². The van der Waals surface area contributed by atoms with Crippen molar-refractivity contribution in [3.63, 3.8) is 0 Å². The third-order valence-corrected chi connectivity index (χ3v) is 1.86. The molecule has 0 aromatic rings. The molecule has 2 amide bonds. The normalized spacial score (nSPS) is 10.8. The largest absolute Gasteiger partial charge is 0.481 e. The molecule has 0 aliphatic carbocycles. The van der Waals surface area contributed by atoms with E-state index in [0.717, 1.165) is 0 Å². The van der Waals surface area contributed by atoms with Crippen molar-refractivity contribution < 1.29 is 19.5 Å². The van der Waals surface area contributed by atoms with E-state index in [2.05, 4.69) is 5.32 Å². The minimum atomic E-state index is -1.10. The molecule has 0 atom stereocenters. The number of carbonyl (C=O) groups is 3. The summed E-state index contributed by atoms with van der Waals surface area (Å²) < 4.78 is 0. The van der Waals surface area contributed by atoms with E-state index in [-0.39, 0.29) is 25.2 Å². The van der Waals surface area contributed by atoms with Gasteiger partial charge >= 0.3 is 5.97 Å². The molecule has 86 valence electrons. The second-order valence-electron chi connectivity index (χ2n) is 3.78. The first-order valence-electron chi connectivity index (χ1n) is 4.58. The molecule has 0 rings (SSSR count). The number of hydrogen-bond donors (Lipinski definition) is 3. The molecule has 4 N–H and O–H groups in total. The lowest BCUT2D eigenvalue weighted by Crippen LogP contribution is -2.52. The van der Waals surface area contributed by atoms with Gasteiger partial charge in [0.25, 0.3) is 0 Å². The van der Waals surface area contributed by atoms with Crippen LogP contribution in [0.3, 0.4) is 0 Å². The number of hydrogen-bond acceptors (Lipinski definition) is 3. The molecule has 0 fully saturated rings. The summed E-state index contributed by atoms with van der Waals surface area (Å²) in [7, 11) is 0. The van der Waals surface area contributed by atoms with Gasteiger partial charge in [0, 0.05) is 12.8 Å². The second-order valence-corrected chi connectivity index (χ2v) is 3.78. The van der Waals surface area contributed by atoms with Gasteiger partial charge in [-0.25, -0.2) is 0 Å². The third kappa shape index (κ3) is 5.66. The van der Waals surface area contributed by atoms with Gasteiger partial charge in [-0.15, -0.1) is 0 Å². The molecule has 15 heavy (non-hydrogen) atoms. The number of primary amides is 1. The molecule has 0 unspecified atom stereocenters. The Bertz CT molecular complexity index is 273. The minimum absolute atomic E-state index is 0.0651. The highest BCUT2D eigenvalue weighted by molar-refractivity contribution is 5.89. The topological polar surface area (TPSA) is 109 Å². The van der Waals surface area contributed by atoms with Gasteiger partial charge in [-0.1, -0.05) is 0 Å². The van der Waals surface area contributed by atoms with Crippen molar-refractivity contribution in [2.75, 3.05) is 0 Å². The summed E-state index contributed by atoms with van der Waals surface area (Å²) in [4.78, 5) is 32.3. The van der Waals surface area contributed by atoms with E-state index in [1.165, 1.54) is 13.8 Å². The fourth-order valence-electron chi connectivity index (χ4n) is 0.873. The van der Waals surface area contributed by atoms with Crippen molar-refractivity contribution in [3.05, 3.63) is 0 Å². The van der Waals surface area contributed by atoms with E-state index in [9.17, 15) is 14.4 Å². The van der Waals surface area contributed by atoms with Gasteiger partial charge in [0.15, 0.2) is 0 Å². The number of nitrogens with two attached hydrogens (primary N) is 1. The first-order valence-corrected chi connectivity index (χ1v) is 4.58. The molecule has 0 aliphatic rings. The van der Waals surface area contributed by atoms with Gasteiger partial charge in [-0.2, -0.15) is 0 Å². The van der Waals surface area contributed by atoms with Crippen LogP contribution in [0.1, 0.15) is 33.1 Å². The maximum atomic E-state index is 11.2. The van der Waals surface area contributed by atoms with Crippen LogP contribution >= 0.6 is 0 Å². The molecule has 6 heteroatoms. The minimum Gasteiger partial charge on any atom is -0.481 e. The fourth-order valence-corrected chi connectivity index (χ4v) is 0.873. The van der Waals surface area contributed by atoms with Crippen molar-refractivity contribution >= 4 is 17.8 Å². The maximum Gasteiger partial charge on any atom is 0.303 e. The Hall–Kier alpha value is -1.59. The molecule has 0 aromatic heterocycles. The average Bonchev–Trinajstić information content (AvgIpc) is 2.01. The Labute approximate surface area is 87.8 Å². The Morgan fingerprint density at radius 2 is 1.80 bits per heavy atom. The van der Waals surface area contributed by atoms with Crippen LogP contribution in [0.15, 0.2) is 0 Å². The van der Waals surface area contributed by atoms with Crippen molar-refractivity contribution in [1.82, 2.24) is 5.32 Å². The van der Waals surface area contributed by atoms with E-state index in [4.69, 9.17) is 10.8 Å². The predicted molar refractivity (Wildman–Crippen MR) is 52.9 cm³/mol. The van der Waals surface area contributed by atoms with Crippen LogP contribution in [0.25, 0.3) is 0 Å². The zero-order chi connectivity index (χ0) is 12.1. The van der Waals surface area contributed by atoms with Gasteiger partial charge in [-0.3, -0.25) is 14.4 Å². The second kappa shape index (κ2) is 5.33. The number of carboxylic acids is 1. The van der Waals surface area contributed by atoms with Gasteiger partial charge in [0.2, 0.25) is 11.8 Å². The van der Waals surface area contributed by atoms with Crippen LogP contribution in [0.2, 0.25) is 0 Å². The van der Waals surface area contributed by atoms with Crippen molar-refractivity contribution in [2.45, 2.75) is 38.6 Å².